The van der Waals surface area contributed by atoms with Gasteiger partial charge in [0, 0.05) is 16.3 Å². The standard InChI is InChI=1S/C14H17ClN2O2S/c1-10(2)6-7-13-16-14(19-17-13)9-20(18)12-5-3-4-11(15)8-12/h3-5,8,10H,6-7,9H2,1-2H3/t20-/m0/s1. The molecule has 2 rings (SSSR count). The fourth-order valence-electron chi connectivity index (χ4n) is 1.67. The fraction of sp³-hybridized carbons (Fsp3) is 0.429. The minimum Gasteiger partial charge on any atom is -0.338 e. The molecule has 6 heteroatoms. The number of rotatable bonds is 6. The fourth-order valence-corrected chi connectivity index (χ4v) is 2.92. The van der Waals surface area contributed by atoms with Gasteiger partial charge in [0.25, 0.3) is 0 Å². The summed E-state index contributed by atoms with van der Waals surface area (Å²) in [7, 11) is -1.22. The molecule has 0 unspecified atom stereocenters. The Morgan fingerprint density at radius 1 is 1.40 bits per heavy atom. The molecule has 0 saturated heterocycles. The van der Waals surface area contributed by atoms with Gasteiger partial charge in [0.1, 0.15) is 5.75 Å². The van der Waals surface area contributed by atoms with E-state index in [0.29, 0.717) is 27.6 Å². The van der Waals surface area contributed by atoms with Crippen molar-refractivity contribution in [2.45, 2.75) is 37.3 Å². The maximum Gasteiger partial charge on any atom is 0.239 e. The van der Waals surface area contributed by atoms with E-state index in [1.165, 1.54) is 0 Å². The Morgan fingerprint density at radius 3 is 2.90 bits per heavy atom. The predicted octanol–water partition coefficient (Wildman–Crippen LogP) is 3.62. The van der Waals surface area contributed by atoms with Crippen LogP contribution >= 0.6 is 11.6 Å². The highest BCUT2D eigenvalue weighted by Crippen LogP contribution is 2.16. The Morgan fingerprint density at radius 2 is 2.20 bits per heavy atom. The molecule has 108 valence electrons. The molecular formula is C14H17ClN2O2S. The van der Waals surface area contributed by atoms with Crippen LogP contribution in [0.1, 0.15) is 32.0 Å². The van der Waals surface area contributed by atoms with Crippen molar-refractivity contribution in [3.05, 3.63) is 41.0 Å². The van der Waals surface area contributed by atoms with E-state index in [9.17, 15) is 4.21 Å². The number of hydrogen-bond acceptors (Lipinski definition) is 4. The third kappa shape index (κ3) is 4.42. The van der Waals surface area contributed by atoms with Gasteiger partial charge in [-0.1, -0.05) is 36.7 Å². The molecule has 0 amide bonds. The lowest BCUT2D eigenvalue weighted by Gasteiger charge is -1.99. The first kappa shape index (κ1) is 15.2. The molecule has 0 fully saturated rings. The average Bonchev–Trinajstić information content (AvgIpc) is 2.84. The van der Waals surface area contributed by atoms with E-state index < -0.39 is 10.8 Å². The van der Waals surface area contributed by atoms with Gasteiger partial charge < -0.3 is 4.52 Å². The lowest BCUT2D eigenvalue weighted by molar-refractivity contribution is 0.382. The van der Waals surface area contributed by atoms with E-state index in [2.05, 4.69) is 24.0 Å². The summed E-state index contributed by atoms with van der Waals surface area (Å²) >= 11 is 5.88. The highest BCUT2D eigenvalue weighted by molar-refractivity contribution is 7.84. The minimum absolute atomic E-state index is 0.217. The molecule has 0 bridgehead atoms. The smallest absolute Gasteiger partial charge is 0.239 e. The maximum absolute atomic E-state index is 12.2. The van der Waals surface area contributed by atoms with Gasteiger partial charge in [0.15, 0.2) is 5.82 Å². The van der Waals surface area contributed by atoms with Crippen LogP contribution in [0.4, 0.5) is 0 Å². The van der Waals surface area contributed by atoms with Crippen LogP contribution in [0.5, 0.6) is 0 Å². The normalized spacial score (nSPS) is 12.8. The first-order valence-corrected chi connectivity index (χ1v) is 8.19. The van der Waals surface area contributed by atoms with Gasteiger partial charge in [0.05, 0.1) is 10.8 Å². The third-order valence-electron chi connectivity index (χ3n) is 2.77. The Labute approximate surface area is 126 Å². The van der Waals surface area contributed by atoms with Crippen LogP contribution in [-0.2, 0) is 23.0 Å². The Balaban J connectivity index is 1.98. The number of halogens is 1. The molecule has 1 atom stereocenters. The molecule has 2 aromatic rings. The van der Waals surface area contributed by atoms with Crippen molar-refractivity contribution in [1.82, 2.24) is 10.1 Å². The molecule has 0 radical (unpaired) electrons. The lowest BCUT2D eigenvalue weighted by atomic mass is 10.1. The van der Waals surface area contributed by atoms with Gasteiger partial charge in [-0.05, 0) is 30.5 Å². The van der Waals surface area contributed by atoms with Crippen LogP contribution in [-0.4, -0.2) is 14.3 Å². The van der Waals surface area contributed by atoms with Gasteiger partial charge in [-0.2, -0.15) is 4.98 Å². The molecule has 0 saturated carbocycles. The summed E-state index contributed by atoms with van der Waals surface area (Å²) in [6.45, 7) is 4.30. The molecule has 0 aliphatic rings. The van der Waals surface area contributed by atoms with Gasteiger partial charge in [-0.3, -0.25) is 4.21 Å². The highest BCUT2D eigenvalue weighted by atomic mass is 35.5. The zero-order chi connectivity index (χ0) is 14.5. The van der Waals surface area contributed by atoms with Crippen molar-refractivity contribution in [1.29, 1.82) is 0 Å². The van der Waals surface area contributed by atoms with Crippen LogP contribution in [0.15, 0.2) is 33.7 Å². The summed E-state index contributed by atoms with van der Waals surface area (Å²) in [5, 5.41) is 4.47. The van der Waals surface area contributed by atoms with Crippen LogP contribution < -0.4 is 0 Å². The van der Waals surface area contributed by atoms with Gasteiger partial charge in [0.2, 0.25) is 5.89 Å². The first-order valence-electron chi connectivity index (χ1n) is 6.50. The molecule has 20 heavy (non-hydrogen) atoms. The van der Waals surface area contributed by atoms with E-state index in [1.807, 2.05) is 0 Å². The van der Waals surface area contributed by atoms with E-state index in [4.69, 9.17) is 16.1 Å². The zero-order valence-electron chi connectivity index (χ0n) is 11.5. The number of aryl methyl sites for hydroxylation is 1. The summed E-state index contributed by atoms with van der Waals surface area (Å²) in [5.74, 6) is 1.89. The molecule has 0 aliphatic heterocycles. The molecule has 4 nitrogen and oxygen atoms in total. The van der Waals surface area contributed by atoms with Crippen LogP contribution in [0.2, 0.25) is 5.02 Å². The number of hydrogen-bond donors (Lipinski definition) is 0. The quantitative estimate of drug-likeness (QED) is 0.817. The Bertz CT molecular complexity index is 598. The minimum atomic E-state index is -1.22. The van der Waals surface area contributed by atoms with Gasteiger partial charge in [-0.25, -0.2) is 0 Å². The van der Waals surface area contributed by atoms with Crippen molar-refractivity contribution in [3.63, 3.8) is 0 Å². The summed E-state index contributed by atoms with van der Waals surface area (Å²) in [6.07, 6.45) is 1.79. The van der Waals surface area contributed by atoms with E-state index >= 15 is 0 Å². The second kappa shape index (κ2) is 6.99. The summed E-state index contributed by atoms with van der Waals surface area (Å²) in [6, 6.07) is 6.99. The first-order chi connectivity index (χ1) is 9.54. The van der Waals surface area contributed by atoms with Crippen molar-refractivity contribution < 1.29 is 8.73 Å². The molecule has 0 N–H and O–H groups in total. The second-order valence-corrected chi connectivity index (χ2v) is 6.87. The lowest BCUT2D eigenvalue weighted by Crippen LogP contribution is -1.98. The highest BCUT2D eigenvalue weighted by Gasteiger charge is 2.12. The topological polar surface area (TPSA) is 56.0 Å². The second-order valence-electron chi connectivity index (χ2n) is 4.98. The molecule has 0 spiro atoms. The summed E-state index contributed by atoms with van der Waals surface area (Å²) in [4.78, 5) is 4.93. The number of nitrogens with zero attached hydrogens (tertiary/aromatic N) is 2. The SMILES string of the molecule is CC(C)CCc1noc(C[S@](=O)c2cccc(Cl)c2)n1. The van der Waals surface area contributed by atoms with Gasteiger partial charge >= 0.3 is 0 Å². The molecule has 1 aromatic carbocycles. The Hall–Kier alpha value is -1.20. The number of aromatic nitrogens is 2. The molecule has 1 aromatic heterocycles. The molecule has 0 aliphatic carbocycles. The van der Waals surface area contributed by atoms with Crippen LogP contribution in [0, 0.1) is 5.92 Å². The monoisotopic (exact) mass is 312 g/mol. The van der Waals surface area contributed by atoms with E-state index in [1.54, 1.807) is 24.3 Å². The van der Waals surface area contributed by atoms with Crippen molar-refractivity contribution in [2.75, 3.05) is 0 Å². The largest absolute Gasteiger partial charge is 0.338 e. The van der Waals surface area contributed by atoms with E-state index in [0.717, 1.165) is 12.8 Å². The third-order valence-corrected chi connectivity index (χ3v) is 4.29. The predicted molar refractivity (Wildman–Crippen MR) is 79.0 cm³/mol. The summed E-state index contributed by atoms with van der Waals surface area (Å²) < 4.78 is 17.3. The number of benzene rings is 1. The van der Waals surface area contributed by atoms with Crippen LogP contribution in [0.3, 0.4) is 0 Å². The van der Waals surface area contributed by atoms with Crippen LogP contribution in [0.25, 0.3) is 0 Å². The molecular weight excluding hydrogens is 296 g/mol. The average molecular weight is 313 g/mol. The Kier molecular flexibility index (Phi) is 5.31. The summed E-state index contributed by atoms with van der Waals surface area (Å²) in [5.41, 5.74) is 0. The van der Waals surface area contributed by atoms with Crippen molar-refractivity contribution in [3.8, 4) is 0 Å². The zero-order valence-corrected chi connectivity index (χ0v) is 13.1. The maximum atomic E-state index is 12.2. The van der Waals surface area contributed by atoms with Crippen molar-refractivity contribution in [2.24, 2.45) is 5.92 Å². The van der Waals surface area contributed by atoms with Gasteiger partial charge in [-0.15, -0.1) is 0 Å². The van der Waals surface area contributed by atoms with E-state index in [-0.39, 0.29) is 5.75 Å². The molecule has 1 heterocycles. The van der Waals surface area contributed by atoms with Crippen molar-refractivity contribution >= 4 is 22.4 Å².